The maximum absolute atomic E-state index is 12.2. The van der Waals surface area contributed by atoms with Gasteiger partial charge in [0.2, 0.25) is 0 Å². The third-order valence-corrected chi connectivity index (χ3v) is 4.96. The first-order valence-electron chi connectivity index (χ1n) is 8.08. The first-order valence-corrected chi connectivity index (χ1v) is 10.7. The van der Waals surface area contributed by atoms with E-state index in [1.54, 1.807) is 18.2 Å². The van der Waals surface area contributed by atoms with Crippen molar-refractivity contribution in [3.8, 4) is 11.8 Å². The molecule has 0 aromatic heterocycles. The molecule has 2 aromatic carbocycles. The zero-order chi connectivity index (χ0) is 20.1. The van der Waals surface area contributed by atoms with Gasteiger partial charge in [0.1, 0.15) is 0 Å². The first-order chi connectivity index (χ1) is 12.6. The molecule has 1 unspecified atom stereocenters. The number of hydrogen-bond acceptors (Lipinski definition) is 4. The van der Waals surface area contributed by atoms with Gasteiger partial charge in [-0.25, -0.2) is 8.42 Å². The normalized spacial score (nSPS) is 13.0. The predicted octanol–water partition coefficient (Wildman–Crippen LogP) is 3.73. The van der Waals surface area contributed by atoms with E-state index in [0.29, 0.717) is 5.56 Å². The highest BCUT2D eigenvalue weighted by Crippen LogP contribution is 2.20. The molecule has 0 aliphatic heterocycles. The van der Waals surface area contributed by atoms with Gasteiger partial charge in [0, 0.05) is 15.9 Å². The van der Waals surface area contributed by atoms with Gasteiger partial charge in [-0.15, -0.1) is 0 Å². The molecule has 1 N–H and O–H groups in total. The smallest absolute Gasteiger partial charge is 0.255 e. The number of rotatable bonds is 5. The first kappa shape index (κ1) is 20.9. The van der Waals surface area contributed by atoms with Crippen LogP contribution < -0.4 is 4.72 Å². The van der Waals surface area contributed by atoms with Crippen molar-refractivity contribution in [2.45, 2.75) is 25.7 Å². The Morgan fingerprint density at radius 2 is 1.70 bits per heavy atom. The molecular formula is C20H20NO4S2-. The average Bonchev–Trinajstić information content (AvgIpc) is 2.58. The summed E-state index contributed by atoms with van der Waals surface area (Å²) in [5, 5.41) is 0.993. The lowest BCUT2D eigenvalue weighted by molar-refractivity contribution is 0.537. The summed E-state index contributed by atoms with van der Waals surface area (Å²) in [5.41, 5.74) is 1.43. The highest BCUT2D eigenvalue weighted by molar-refractivity contribution is 7.95. The van der Waals surface area contributed by atoms with Gasteiger partial charge in [0.15, 0.2) is 0 Å². The van der Waals surface area contributed by atoms with Gasteiger partial charge < -0.3 is 4.55 Å². The van der Waals surface area contributed by atoms with E-state index in [1.807, 2.05) is 32.9 Å². The van der Waals surface area contributed by atoms with Crippen molar-refractivity contribution in [3.63, 3.8) is 0 Å². The molecule has 0 radical (unpaired) electrons. The number of hydrogen-bond donors (Lipinski definition) is 1. The number of sulfonamides is 1. The number of benzene rings is 2. The second kappa shape index (κ2) is 8.53. The quantitative estimate of drug-likeness (QED) is 0.610. The molecule has 0 spiro atoms. The fourth-order valence-electron chi connectivity index (χ4n) is 1.99. The molecule has 0 heterocycles. The Balaban J connectivity index is 2.15. The van der Waals surface area contributed by atoms with Crippen molar-refractivity contribution < 1.29 is 17.2 Å². The molecule has 5 nitrogen and oxygen atoms in total. The zero-order valence-corrected chi connectivity index (χ0v) is 16.9. The second-order valence-electron chi connectivity index (χ2n) is 6.80. The summed E-state index contributed by atoms with van der Waals surface area (Å²) < 4.78 is 49.0. The lowest BCUT2D eigenvalue weighted by atomic mass is 9.97. The summed E-state index contributed by atoms with van der Waals surface area (Å²) in [6, 6.07) is 12.9. The zero-order valence-electron chi connectivity index (χ0n) is 15.2. The van der Waals surface area contributed by atoms with Crippen LogP contribution in [0.3, 0.4) is 0 Å². The maximum Gasteiger partial charge on any atom is 0.255 e. The fourth-order valence-corrected chi connectivity index (χ4v) is 3.43. The van der Waals surface area contributed by atoms with E-state index in [4.69, 9.17) is 0 Å². The van der Waals surface area contributed by atoms with Gasteiger partial charge in [-0.2, -0.15) is 0 Å². The predicted molar refractivity (Wildman–Crippen MR) is 108 cm³/mol. The Morgan fingerprint density at radius 3 is 2.30 bits per heavy atom. The third kappa shape index (κ3) is 7.02. The molecular weight excluding hydrogens is 382 g/mol. The Labute approximate surface area is 162 Å². The van der Waals surface area contributed by atoms with Crippen LogP contribution in [-0.4, -0.2) is 17.2 Å². The molecule has 0 fully saturated rings. The van der Waals surface area contributed by atoms with E-state index < -0.39 is 21.1 Å². The van der Waals surface area contributed by atoms with Crippen LogP contribution in [0.25, 0.3) is 6.08 Å². The molecule has 1 atom stereocenters. The molecule has 2 rings (SSSR count). The molecule has 0 amide bonds. The molecule has 7 heteroatoms. The summed E-state index contributed by atoms with van der Waals surface area (Å²) in [6.45, 7) is 6.07. The second-order valence-corrected chi connectivity index (χ2v) is 9.28. The molecule has 2 aromatic rings. The van der Waals surface area contributed by atoms with Crippen LogP contribution >= 0.6 is 0 Å². The van der Waals surface area contributed by atoms with Gasteiger partial charge in [-0.1, -0.05) is 36.1 Å². The van der Waals surface area contributed by atoms with Crippen molar-refractivity contribution in [1.29, 1.82) is 0 Å². The molecule has 27 heavy (non-hydrogen) atoms. The van der Waals surface area contributed by atoms with Gasteiger partial charge in [-0.3, -0.25) is 8.93 Å². The Hall–Kier alpha value is -2.40. The van der Waals surface area contributed by atoms with Crippen LogP contribution in [-0.2, 0) is 21.1 Å². The van der Waals surface area contributed by atoms with E-state index in [2.05, 4.69) is 16.6 Å². The highest BCUT2D eigenvalue weighted by Gasteiger charge is 2.09. The minimum atomic E-state index is -3.86. The van der Waals surface area contributed by atoms with Crippen molar-refractivity contribution in [1.82, 2.24) is 0 Å². The van der Waals surface area contributed by atoms with Crippen LogP contribution in [0, 0.1) is 17.3 Å². The van der Waals surface area contributed by atoms with Gasteiger partial charge >= 0.3 is 0 Å². The number of anilines is 1. The van der Waals surface area contributed by atoms with Gasteiger partial charge in [-0.05, 0) is 67.8 Å². The molecule has 0 aliphatic carbocycles. The molecule has 142 valence electrons. The van der Waals surface area contributed by atoms with Gasteiger partial charge in [0.05, 0.1) is 11.1 Å². The van der Waals surface area contributed by atoms with E-state index in [0.717, 1.165) is 11.0 Å². The molecule has 0 saturated heterocycles. The van der Waals surface area contributed by atoms with Crippen molar-refractivity contribution in [2.75, 3.05) is 4.72 Å². The maximum atomic E-state index is 12.2. The highest BCUT2D eigenvalue weighted by atomic mass is 32.2. The van der Waals surface area contributed by atoms with Crippen molar-refractivity contribution in [2.24, 2.45) is 5.41 Å². The van der Waals surface area contributed by atoms with Crippen LogP contribution in [0.15, 0.2) is 58.8 Å². The number of para-hydroxylation sites is 1. The largest absolute Gasteiger partial charge is 0.768 e. The van der Waals surface area contributed by atoms with Gasteiger partial charge in [0.25, 0.3) is 10.0 Å². The van der Waals surface area contributed by atoms with Crippen LogP contribution in [0.2, 0.25) is 0 Å². The van der Waals surface area contributed by atoms with Crippen molar-refractivity contribution >= 4 is 32.9 Å². The van der Waals surface area contributed by atoms with Crippen LogP contribution in [0.4, 0.5) is 5.69 Å². The summed E-state index contributed by atoms with van der Waals surface area (Å²) in [5.74, 6) is 6.20. The molecule has 0 saturated carbocycles. The lowest BCUT2D eigenvalue weighted by Gasteiger charge is -2.12. The van der Waals surface area contributed by atoms with Crippen LogP contribution in [0.5, 0.6) is 0 Å². The van der Waals surface area contributed by atoms with Crippen molar-refractivity contribution in [3.05, 3.63) is 65.1 Å². The van der Waals surface area contributed by atoms with E-state index in [9.17, 15) is 17.2 Å². The minimum Gasteiger partial charge on any atom is -0.768 e. The minimum absolute atomic E-state index is 0.00304. The lowest BCUT2D eigenvalue weighted by Crippen LogP contribution is -2.11. The average molecular weight is 403 g/mol. The van der Waals surface area contributed by atoms with Crippen LogP contribution in [0.1, 0.15) is 31.9 Å². The van der Waals surface area contributed by atoms with E-state index in [-0.39, 0.29) is 16.0 Å². The SMILES string of the molecule is CC(C)(C)C#Cc1ccc(C=CS(=O)(=O)Nc2ccccc2S(=O)[O-])cc1. The summed E-state index contributed by atoms with van der Waals surface area (Å²) in [6.07, 6.45) is 1.43. The Kier molecular flexibility index (Phi) is 6.60. The molecule has 0 aliphatic rings. The molecule has 0 bridgehead atoms. The van der Waals surface area contributed by atoms with E-state index >= 15 is 0 Å². The third-order valence-electron chi connectivity index (χ3n) is 3.25. The van der Waals surface area contributed by atoms with E-state index in [1.165, 1.54) is 24.3 Å². The summed E-state index contributed by atoms with van der Waals surface area (Å²) in [7, 11) is -3.86. The Morgan fingerprint density at radius 1 is 1.07 bits per heavy atom. The summed E-state index contributed by atoms with van der Waals surface area (Å²) >= 11 is -2.54. The Bertz CT molecular complexity index is 1020. The topological polar surface area (TPSA) is 86.3 Å². The standard InChI is InChI=1S/C20H21NO4S2/c1-20(2,3)14-12-16-8-10-17(11-9-16)13-15-27(24,25)21-18-6-4-5-7-19(18)26(22)23/h4-11,13,15,21H,1-3H3,(H,22,23)/p-1. The summed E-state index contributed by atoms with van der Waals surface area (Å²) in [4.78, 5) is -0.115. The fraction of sp³-hybridized carbons (Fsp3) is 0.200. The number of nitrogens with one attached hydrogen (secondary N) is 1. The monoisotopic (exact) mass is 402 g/mol.